The predicted octanol–water partition coefficient (Wildman–Crippen LogP) is 4.81. The summed E-state index contributed by atoms with van der Waals surface area (Å²) in [5.41, 5.74) is 6.18. The molecular weight excluding hydrogens is 397 g/mol. The first-order chi connectivity index (χ1) is 14.7. The third-order valence-electron chi connectivity index (χ3n) is 5.19. The van der Waals surface area contributed by atoms with Crippen LogP contribution in [0.1, 0.15) is 37.7 Å². The van der Waals surface area contributed by atoms with Crippen molar-refractivity contribution < 1.29 is 4.39 Å². The lowest BCUT2D eigenvalue weighted by atomic mass is 9.96. The van der Waals surface area contributed by atoms with E-state index >= 15 is 0 Å². The molecular formula is C23H24FN5S. The Hall–Kier alpha value is -3.06. The highest BCUT2D eigenvalue weighted by atomic mass is 32.1. The fourth-order valence-corrected chi connectivity index (χ4v) is 3.87. The Morgan fingerprint density at radius 2 is 1.80 bits per heavy atom. The van der Waals surface area contributed by atoms with E-state index in [0.29, 0.717) is 11.2 Å². The van der Waals surface area contributed by atoms with Gasteiger partial charge in [0.25, 0.3) is 0 Å². The second kappa shape index (κ2) is 9.63. The van der Waals surface area contributed by atoms with Gasteiger partial charge in [-0.15, -0.1) is 0 Å². The zero-order valence-corrected chi connectivity index (χ0v) is 17.4. The number of aromatic nitrogens is 2. The van der Waals surface area contributed by atoms with Crippen LogP contribution in [0.4, 0.5) is 4.39 Å². The second-order valence-corrected chi connectivity index (χ2v) is 7.81. The van der Waals surface area contributed by atoms with Gasteiger partial charge in [0.2, 0.25) is 0 Å². The summed E-state index contributed by atoms with van der Waals surface area (Å²) in [4.78, 5) is 0. The van der Waals surface area contributed by atoms with Gasteiger partial charge in [0.15, 0.2) is 5.11 Å². The van der Waals surface area contributed by atoms with Crippen LogP contribution >= 0.6 is 12.2 Å². The van der Waals surface area contributed by atoms with Crippen molar-refractivity contribution in [1.82, 2.24) is 20.5 Å². The van der Waals surface area contributed by atoms with Crippen LogP contribution in [-0.4, -0.2) is 27.1 Å². The molecule has 1 aromatic heterocycles. The largest absolute Gasteiger partial charge is 0.359 e. The molecule has 0 amide bonds. The van der Waals surface area contributed by atoms with Crippen LogP contribution in [0.3, 0.4) is 0 Å². The third kappa shape index (κ3) is 5.10. The van der Waals surface area contributed by atoms with E-state index in [9.17, 15) is 4.39 Å². The first kappa shape index (κ1) is 20.2. The van der Waals surface area contributed by atoms with E-state index in [1.165, 1.54) is 31.4 Å². The molecule has 1 heterocycles. The van der Waals surface area contributed by atoms with Crippen LogP contribution in [0.25, 0.3) is 16.9 Å². The van der Waals surface area contributed by atoms with E-state index < -0.39 is 0 Å². The van der Waals surface area contributed by atoms with Crippen LogP contribution in [0, 0.1) is 5.82 Å². The maximum absolute atomic E-state index is 13.4. The van der Waals surface area contributed by atoms with E-state index in [1.807, 2.05) is 36.5 Å². The quantitative estimate of drug-likeness (QED) is 0.353. The number of rotatable bonds is 5. The number of hydrazone groups is 1. The first-order valence-electron chi connectivity index (χ1n) is 10.2. The lowest BCUT2D eigenvalue weighted by molar-refractivity contribution is 0.412. The van der Waals surface area contributed by atoms with Crippen molar-refractivity contribution in [3.63, 3.8) is 0 Å². The summed E-state index contributed by atoms with van der Waals surface area (Å²) in [6.45, 7) is 0. The molecule has 154 valence electrons. The zero-order valence-electron chi connectivity index (χ0n) is 16.6. The Bertz CT molecular complexity index is 1010. The number of thiocarbonyl (C=S) groups is 1. The van der Waals surface area contributed by atoms with Crippen LogP contribution < -0.4 is 10.7 Å². The van der Waals surface area contributed by atoms with Crippen LogP contribution in [0.15, 0.2) is 65.9 Å². The molecule has 0 bridgehead atoms. The van der Waals surface area contributed by atoms with Gasteiger partial charge in [0.1, 0.15) is 11.5 Å². The van der Waals surface area contributed by atoms with Crippen LogP contribution in [-0.2, 0) is 0 Å². The number of para-hydroxylation sites is 1. The van der Waals surface area contributed by atoms with Crippen molar-refractivity contribution in [2.45, 2.75) is 38.1 Å². The summed E-state index contributed by atoms with van der Waals surface area (Å²) in [5, 5.41) is 12.9. The Morgan fingerprint density at radius 3 is 2.53 bits per heavy atom. The molecule has 0 aliphatic heterocycles. The maximum Gasteiger partial charge on any atom is 0.187 e. The van der Waals surface area contributed by atoms with Gasteiger partial charge < -0.3 is 5.32 Å². The fourth-order valence-electron chi connectivity index (χ4n) is 3.65. The molecule has 1 fully saturated rings. The third-order valence-corrected chi connectivity index (χ3v) is 5.40. The highest BCUT2D eigenvalue weighted by Crippen LogP contribution is 2.23. The highest BCUT2D eigenvalue weighted by molar-refractivity contribution is 7.80. The number of hydrogen-bond acceptors (Lipinski definition) is 3. The number of nitrogens with zero attached hydrogens (tertiary/aromatic N) is 3. The molecule has 0 unspecified atom stereocenters. The number of benzene rings is 2. The van der Waals surface area contributed by atoms with Crippen molar-refractivity contribution >= 4 is 23.5 Å². The Kier molecular flexibility index (Phi) is 6.49. The first-order valence-corrected chi connectivity index (χ1v) is 10.6. The van der Waals surface area contributed by atoms with E-state index in [1.54, 1.807) is 23.0 Å². The molecule has 0 saturated heterocycles. The molecule has 1 aliphatic rings. The lowest BCUT2D eigenvalue weighted by Gasteiger charge is -2.23. The maximum atomic E-state index is 13.4. The Morgan fingerprint density at radius 1 is 1.07 bits per heavy atom. The van der Waals surface area contributed by atoms with Gasteiger partial charge in [-0.3, -0.25) is 5.43 Å². The Balaban J connectivity index is 1.53. The number of halogens is 1. The standard InChI is InChI=1S/C23H24FN5S/c24-19-13-11-17(12-14-19)22-18(16-29(28-22)21-9-5-2-6-10-21)15-25-27-23(30)26-20-7-3-1-4-8-20/h2,5-6,9-16,20H,1,3-4,7-8H2,(H2,26,27,30)/b25-15+. The van der Waals surface area contributed by atoms with Gasteiger partial charge in [-0.05, 0) is 61.5 Å². The van der Waals surface area contributed by atoms with E-state index in [0.717, 1.165) is 35.3 Å². The SMILES string of the molecule is Fc1ccc(-c2nn(-c3ccccc3)cc2/C=N/NC(=S)NC2CCCCC2)cc1. The van der Waals surface area contributed by atoms with Crippen molar-refractivity contribution in [2.24, 2.45) is 5.10 Å². The molecule has 5 nitrogen and oxygen atoms in total. The van der Waals surface area contributed by atoms with Gasteiger partial charge in [0.05, 0.1) is 11.9 Å². The fraction of sp³-hybridized carbons (Fsp3) is 0.261. The van der Waals surface area contributed by atoms with Crippen molar-refractivity contribution in [2.75, 3.05) is 0 Å². The van der Waals surface area contributed by atoms with Crippen LogP contribution in [0.2, 0.25) is 0 Å². The predicted molar refractivity (Wildman–Crippen MR) is 122 cm³/mol. The minimum atomic E-state index is -0.280. The molecule has 30 heavy (non-hydrogen) atoms. The van der Waals surface area contributed by atoms with E-state index in [-0.39, 0.29) is 5.82 Å². The topological polar surface area (TPSA) is 54.2 Å². The summed E-state index contributed by atoms with van der Waals surface area (Å²) >= 11 is 5.37. The molecule has 2 N–H and O–H groups in total. The number of hydrogen-bond donors (Lipinski definition) is 2. The molecule has 4 rings (SSSR count). The van der Waals surface area contributed by atoms with Gasteiger partial charge in [-0.2, -0.15) is 10.2 Å². The van der Waals surface area contributed by atoms with Gasteiger partial charge in [0, 0.05) is 23.4 Å². The van der Waals surface area contributed by atoms with E-state index in [2.05, 4.69) is 15.8 Å². The molecule has 1 aliphatic carbocycles. The second-order valence-electron chi connectivity index (χ2n) is 7.40. The molecule has 0 radical (unpaired) electrons. The normalized spacial score (nSPS) is 14.7. The van der Waals surface area contributed by atoms with Crippen molar-refractivity contribution in [3.8, 4) is 16.9 Å². The average molecular weight is 422 g/mol. The highest BCUT2D eigenvalue weighted by Gasteiger charge is 2.14. The zero-order chi connectivity index (χ0) is 20.8. The molecule has 3 aromatic rings. The monoisotopic (exact) mass is 421 g/mol. The average Bonchev–Trinajstić information content (AvgIpc) is 3.20. The number of nitrogens with one attached hydrogen (secondary N) is 2. The van der Waals surface area contributed by atoms with Gasteiger partial charge >= 0.3 is 0 Å². The van der Waals surface area contributed by atoms with E-state index in [4.69, 9.17) is 17.3 Å². The lowest BCUT2D eigenvalue weighted by Crippen LogP contribution is -2.40. The summed E-state index contributed by atoms with van der Waals surface area (Å²) in [6, 6.07) is 16.5. The smallest absolute Gasteiger partial charge is 0.187 e. The molecule has 0 atom stereocenters. The summed E-state index contributed by atoms with van der Waals surface area (Å²) in [6.07, 6.45) is 9.66. The summed E-state index contributed by atoms with van der Waals surface area (Å²) < 4.78 is 15.2. The molecule has 1 saturated carbocycles. The van der Waals surface area contributed by atoms with Crippen molar-refractivity contribution in [3.05, 3.63) is 72.2 Å². The van der Waals surface area contributed by atoms with Crippen LogP contribution in [0.5, 0.6) is 0 Å². The van der Waals surface area contributed by atoms with Gasteiger partial charge in [-0.1, -0.05) is 37.5 Å². The summed E-state index contributed by atoms with van der Waals surface area (Å²) in [7, 11) is 0. The summed E-state index contributed by atoms with van der Waals surface area (Å²) in [5.74, 6) is -0.280. The van der Waals surface area contributed by atoms with Crippen molar-refractivity contribution in [1.29, 1.82) is 0 Å². The minimum absolute atomic E-state index is 0.280. The Labute approximate surface area is 181 Å². The van der Waals surface area contributed by atoms with Gasteiger partial charge in [-0.25, -0.2) is 9.07 Å². The molecule has 0 spiro atoms. The molecule has 7 heteroatoms. The minimum Gasteiger partial charge on any atom is -0.359 e. The molecule has 2 aromatic carbocycles.